The Balaban J connectivity index is 0.00000228. The van der Waals surface area contributed by atoms with Crippen LogP contribution in [-0.4, -0.2) is 70.1 Å². The molecule has 1 aromatic carbocycles. The Morgan fingerprint density at radius 2 is 1.76 bits per heavy atom. The molecule has 4 fully saturated rings. The number of pyridine rings is 1. The van der Waals surface area contributed by atoms with Gasteiger partial charge in [-0.2, -0.15) is 0 Å². The number of aromatic nitrogens is 1. The quantitative estimate of drug-likeness (QED) is 0.264. The van der Waals surface area contributed by atoms with Crippen LogP contribution in [0.15, 0.2) is 51.9 Å². The molecule has 0 N–H and O–H groups in total. The number of benzene rings is 1. The van der Waals surface area contributed by atoms with E-state index in [2.05, 4.69) is 19.7 Å². The minimum Gasteiger partial charge on any atom is -1.00 e. The third-order valence-electron chi connectivity index (χ3n) is 6.12. The third-order valence-corrected chi connectivity index (χ3v) is 6.33. The van der Waals surface area contributed by atoms with Crippen molar-refractivity contribution in [3.63, 3.8) is 0 Å². The van der Waals surface area contributed by atoms with E-state index in [4.69, 9.17) is 20.8 Å². The smallest absolute Gasteiger partial charge is 0.351 e. The molecule has 4 aliphatic rings. The molecule has 0 aliphatic carbocycles. The summed E-state index contributed by atoms with van der Waals surface area (Å²) in [7, 11) is 0. The highest BCUT2D eigenvalue weighted by Crippen LogP contribution is 2.31. The van der Waals surface area contributed by atoms with Crippen molar-refractivity contribution in [3.05, 3.63) is 69.3 Å². The molecule has 0 unspecified atom stereocenters. The van der Waals surface area contributed by atoms with Crippen LogP contribution in [-0.2, 0) is 6.54 Å². The topological polar surface area (TPSA) is 79.1 Å². The molecular formula is C22H21Cl2N5O4. The van der Waals surface area contributed by atoms with Crippen molar-refractivity contribution in [1.82, 2.24) is 19.7 Å². The lowest BCUT2D eigenvalue weighted by atomic mass is 10.1. The van der Waals surface area contributed by atoms with Crippen molar-refractivity contribution < 1.29 is 30.8 Å². The number of halogens is 2. The Bertz CT molecular complexity index is 1260. The van der Waals surface area contributed by atoms with Crippen LogP contribution in [0.25, 0.3) is 11.0 Å². The summed E-state index contributed by atoms with van der Waals surface area (Å²) in [5.74, 6) is -0.643. The Labute approximate surface area is 200 Å². The van der Waals surface area contributed by atoms with E-state index in [-0.39, 0.29) is 23.7 Å². The number of quaternary nitrogens is 1. The van der Waals surface area contributed by atoms with Gasteiger partial charge in [-0.1, -0.05) is 11.6 Å². The van der Waals surface area contributed by atoms with Crippen molar-refractivity contribution in [2.75, 3.05) is 40.0 Å². The summed E-state index contributed by atoms with van der Waals surface area (Å²) in [6, 6.07) is 8.78. The van der Waals surface area contributed by atoms with Crippen LogP contribution in [0.4, 0.5) is 0 Å². The molecule has 0 spiro atoms. The van der Waals surface area contributed by atoms with Gasteiger partial charge in [-0.3, -0.25) is 9.47 Å². The van der Waals surface area contributed by atoms with Crippen molar-refractivity contribution in [1.29, 1.82) is 0 Å². The molecule has 4 saturated heterocycles. The van der Waals surface area contributed by atoms with Gasteiger partial charge in [-0.15, -0.1) is 0 Å². The molecule has 0 saturated carbocycles. The number of carbonyl (C=O) groups is 1. The van der Waals surface area contributed by atoms with E-state index in [1.54, 1.807) is 6.07 Å². The van der Waals surface area contributed by atoms with Gasteiger partial charge in [-0.25, -0.2) is 24.3 Å². The van der Waals surface area contributed by atoms with Gasteiger partial charge < -0.3 is 21.6 Å². The molecule has 0 amide bonds. The van der Waals surface area contributed by atoms with Crippen molar-refractivity contribution >= 4 is 28.5 Å². The zero-order chi connectivity index (χ0) is 21.9. The van der Waals surface area contributed by atoms with E-state index >= 15 is 0 Å². The summed E-state index contributed by atoms with van der Waals surface area (Å²) in [5, 5.41) is 1.02. The fourth-order valence-electron chi connectivity index (χ4n) is 5.22. The lowest BCUT2D eigenvalue weighted by Crippen LogP contribution is -3.00. The molecule has 7 rings (SSSR count). The maximum atomic E-state index is 12.6. The van der Waals surface area contributed by atoms with Crippen LogP contribution in [0.2, 0.25) is 5.02 Å². The number of esters is 1. The highest BCUT2D eigenvalue weighted by atomic mass is 35.5. The second-order valence-corrected chi connectivity index (χ2v) is 9.35. The van der Waals surface area contributed by atoms with Crippen molar-refractivity contribution in [3.8, 4) is 5.75 Å². The zero-order valence-electron chi connectivity index (χ0n) is 17.6. The van der Waals surface area contributed by atoms with Gasteiger partial charge in [0.25, 0.3) is 0 Å². The molecule has 172 valence electrons. The lowest BCUT2D eigenvalue weighted by molar-refractivity contribution is -0.991. The standard InChI is InChI=1S/C22H21ClN5O4.ClH/c23-17-5-18(7-24-6-17)31-21(29)19-4-16-3-15(1-2-20(16)32-22(19)30)8-28-12-25-9-26(13-28)11-27(10-25)14-28;/h1-7H,8-14H2;1H/q+1;/p-1. The Morgan fingerprint density at radius 1 is 1.06 bits per heavy atom. The van der Waals surface area contributed by atoms with Crippen molar-refractivity contribution in [2.45, 2.75) is 6.54 Å². The van der Waals surface area contributed by atoms with Gasteiger partial charge in [0.2, 0.25) is 0 Å². The zero-order valence-corrected chi connectivity index (χ0v) is 19.1. The van der Waals surface area contributed by atoms with Gasteiger partial charge in [0.15, 0.2) is 5.75 Å². The predicted molar refractivity (Wildman–Crippen MR) is 115 cm³/mol. The number of hydrogen-bond acceptors (Lipinski definition) is 8. The first-order valence-corrected chi connectivity index (χ1v) is 10.7. The second kappa shape index (κ2) is 8.35. The molecular weight excluding hydrogens is 469 g/mol. The predicted octanol–water partition coefficient (Wildman–Crippen LogP) is -0.927. The summed E-state index contributed by atoms with van der Waals surface area (Å²) in [6.45, 7) is 7.06. The highest BCUT2D eigenvalue weighted by Gasteiger charge is 2.48. The Morgan fingerprint density at radius 3 is 2.42 bits per heavy atom. The van der Waals surface area contributed by atoms with Crippen LogP contribution in [0.3, 0.4) is 0 Å². The third kappa shape index (κ3) is 4.23. The molecule has 4 aliphatic heterocycles. The molecule has 2 aromatic heterocycles. The van der Waals surface area contributed by atoms with Crippen LogP contribution >= 0.6 is 11.6 Å². The number of rotatable bonds is 4. The first-order chi connectivity index (χ1) is 15.4. The highest BCUT2D eigenvalue weighted by molar-refractivity contribution is 6.30. The maximum absolute atomic E-state index is 12.6. The van der Waals surface area contributed by atoms with E-state index in [0.717, 1.165) is 56.6 Å². The monoisotopic (exact) mass is 489 g/mol. The summed E-state index contributed by atoms with van der Waals surface area (Å²) >= 11 is 5.88. The normalized spacial score (nSPS) is 27.4. The fourth-order valence-corrected chi connectivity index (χ4v) is 5.38. The van der Waals surface area contributed by atoms with E-state index in [1.165, 1.54) is 24.5 Å². The van der Waals surface area contributed by atoms with Crippen LogP contribution in [0.5, 0.6) is 5.75 Å². The summed E-state index contributed by atoms with van der Waals surface area (Å²) in [5.41, 5.74) is 0.669. The van der Waals surface area contributed by atoms with Crippen LogP contribution in [0.1, 0.15) is 15.9 Å². The van der Waals surface area contributed by atoms with E-state index in [0.29, 0.717) is 16.0 Å². The first kappa shape index (κ1) is 22.3. The number of carbonyl (C=O) groups excluding carboxylic acids is 1. The number of hydrogen-bond donors (Lipinski definition) is 0. The maximum Gasteiger partial charge on any atom is 0.351 e. The van der Waals surface area contributed by atoms with Gasteiger partial charge in [-0.05, 0) is 24.3 Å². The largest absolute Gasteiger partial charge is 1.00 e. The molecule has 9 nitrogen and oxygen atoms in total. The van der Waals surface area contributed by atoms with Crippen LogP contribution in [0, 0.1) is 0 Å². The molecule has 33 heavy (non-hydrogen) atoms. The molecule has 0 radical (unpaired) electrons. The number of nitrogens with zero attached hydrogens (tertiary/aromatic N) is 5. The Hall–Kier alpha value is -2.53. The average molecular weight is 490 g/mol. The second-order valence-electron chi connectivity index (χ2n) is 8.91. The van der Waals surface area contributed by atoms with Gasteiger partial charge in [0.1, 0.15) is 37.7 Å². The SMILES string of the molecule is O=C(Oc1cncc(Cl)c1)c1cc2cc(C[N+]34CN5CN(CN(C5)C3)C4)ccc2oc1=O.[Cl-]. The van der Waals surface area contributed by atoms with Gasteiger partial charge in [0.05, 0.1) is 31.2 Å². The van der Waals surface area contributed by atoms with Crippen LogP contribution < -0.4 is 22.8 Å². The van der Waals surface area contributed by atoms with Crippen molar-refractivity contribution in [2.24, 2.45) is 0 Å². The van der Waals surface area contributed by atoms with Gasteiger partial charge in [0, 0.05) is 23.2 Å². The minimum atomic E-state index is -0.805. The van der Waals surface area contributed by atoms with E-state index in [1.807, 2.05) is 12.1 Å². The molecule has 6 heterocycles. The minimum absolute atomic E-state index is 0. The summed E-state index contributed by atoms with van der Waals surface area (Å²) in [6.07, 6.45) is 2.79. The average Bonchev–Trinajstić information content (AvgIpc) is 2.72. The van der Waals surface area contributed by atoms with E-state index in [9.17, 15) is 9.59 Å². The first-order valence-electron chi connectivity index (χ1n) is 10.4. The number of fused-ring (bicyclic) bond motifs is 1. The van der Waals surface area contributed by atoms with Gasteiger partial charge >= 0.3 is 11.6 Å². The summed E-state index contributed by atoms with van der Waals surface area (Å²) in [4.78, 5) is 36.3. The summed E-state index contributed by atoms with van der Waals surface area (Å²) < 4.78 is 11.6. The lowest BCUT2D eigenvalue weighted by Gasteiger charge is -2.60. The molecule has 4 bridgehead atoms. The number of ether oxygens (including phenoxy) is 1. The molecule has 0 atom stereocenters. The Kier molecular flexibility index (Phi) is 5.64. The van der Waals surface area contributed by atoms with E-state index < -0.39 is 11.6 Å². The molecule has 11 heteroatoms. The molecule has 3 aromatic rings. The fraction of sp³-hybridized carbons (Fsp3) is 0.318.